The van der Waals surface area contributed by atoms with Crippen molar-refractivity contribution in [2.75, 3.05) is 41.7 Å². The van der Waals surface area contributed by atoms with E-state index in [1.54, 1.807) is 6.07 Å². The summed E-state index contributed by atoms with van der Waals surface area (Å²) in [5.74, 6) is 0.595. The van der Waals surface area contributed by atoms with Gasteiger partial charge in [-0.3, -0.25) is 4.79 Å². The third-order valence-corrected chi connectivity index (χ3v) is 7.35. The van der Waals surface area contributed by atoms with Crippen molar-refractivity contribution in [3.63, 3.8) is 0 Å². The Morgan fingerprint density at radius 1 is 0.944 bits per heavy atom. The van der Waals surface area contributed by atoms with Gasteiger partial charge < -0.3 is 30.3 Å². The van der Waals surface area contributed by atoms with E-state index in [1.807, 2.05) is 49.2 Å². The number of furan rings is 1. The van der Waals surface area contributed by atoms with Crippen molar-refractivity contribution in [3.8, 4) is 0 Å². The molecular weight excluding hydrogens is 456 g/mol. The van der Waals surface area contributed by atoms with Crippen LogP contribution in [0.3, 0.4) is 0 Å². The van der Waals surface area contributed by atoms with E-state index in [4.69, 9.17) is 4.42 Å². The highest BCUT2D eigenvalue weighted by molar-refractivity contribution is 6.05. The minimum atomic E-state index is -0.512. The van der Waals surface area contributed by atoms with E-state index in [-0.39, 0.29) is 17.7 Å². The fourth-order valence-corrected chi connectivity index (χ4v) is 5.13. The van der Waals surface area contributed by atoms with Gasteiger partial charge in [0.2, 0.25) is 0 Å². The molecule has 9 heteroatoms. The highest BCUT2D eigenvalue weighted by atomic mass is 16.4. The summed E-state index contributed by atoms with van der Waals surface area (Å²) in [6.45, 7) is 7.35. The summed E-state index contributed by atoms with van der Waals surface area (Å²) in [7, 11) is 0. The molecule has 1 unspecified atom stereocenters. The van der Waals surface area contributed by atoms with E-state index in [9.17, 15) is 9.59 Å². The number of nitrogens with zero attached hydrogens (tertiary/aromatic N) is 2. The van der Waals surface area contributed by atoms with Crippen LogP contribution in [-0.2, 0) is 5.54 Å². The van der Waals surface area contributed by atoms with E-state index < -0.39 is 5.54 Å². The van der Waals surface area contributed by atoms with Crippen molar-refractivity contribution in [3.05, 3.63) is 53.6 Å². The second-order valence-electron chi connectivity index (χ2n) is 10.1. The van der Waals surface area contributed by atoms with Crippen LogP contribution in [0.15, 0.2) is 41.0 Å². The lowest BCUT2D eigenvalue weighted by molar-refractivity contribution is 0.0993. The monoisotopic (exact) mass is 492 g/mol. The zero-order valence-electron chi connectivity index (χ0n) is 21.2. The van der Waals surface area contributed by atoms with E-state index in [0.717, 1.165) is 74.5 Å². The Morgan fingerprint density at radius 3 is 2.36 bits per heavy atom. The van der Waals surface area contributed by atoms with Crippen molar-refractivity contribution >= 4 is 29.0 Å². The van der Waals surface area contributed by atoms with Gasteiger partial charge in [0.1, 0.15) is 11.3 Å². The summed E-state index contributed by atoms with van der Waals surface area (Å²) in [6, 6.07) is 7.41. The van der Waals surface area contributed by atoms with E-state index in [1.165, 1.54) is 12.8 Å². The van der Waals surface area contributed by atoms with E-state index in [2.05, 4.69) is 26.4 Å². The van der Waals surface area contributed by atoms with Crippen LogP contribution < -0.4 is 26.4 Å². The summed E-state index contributed by atoms with van der Waals surface area (Å²) < 4.78 is 5.92. The molecule has 5 rings (SSSR count). The standard InChI is InChI=1S/C27H36N6O3/c1-19-17-21(29-25(34)23-9-10-24(36-23)27(2)11-12-28-31-27)22(32-13-5-3-6-14-32)18-20(19)30-26(35)33-15-7-4-8-16-33/h9-12,17-18,28,31H,3-8,13-16H2,1-2H3,(H,29,34)(H,30,35). The molecule has 2 saturated heterocycles. The number of nitrogens with one attached hydrogen (secondary N) is 4. The Balaban J connectivity index is 1.38. The number of hydrogen-bond acceptors (Lipinski definition) is 6. The number of anilines is 3. The Morgan fingerprint density at radius 2 is 1.67 bits per heavy atom. The van der Waals surface area contributed by atoms with Gasteiger partial charge >= 0.3 is 6.03 Å². The average molecular weight is 493 g/mol. The lowest BCUT2D eigenvalue weighted by Gasteiger charge is -2.32. The van der Waals surface area contributed by atoms with Crippen LogP contribution in [0.25, 0.3) is 0 Å². The molecule has 3 aliphatic heterocycles. The molecular formula is C27H36N6O3. The number of piperidine rings is 2. The minimum absolute atomic E-state index is 0.0557. The number of urea groups is 1. The maximum absolute atomic E-state index is 13.2. The molecule has 3 amide bonds. The second kappa shape index (κ2) is 10.3. The molecule has 0 saturated carbocycles. The molecule has 2 fully saturated rings. The number of benzene rings is 1. The molecule has 1 atom stereocenters. The number of hydrazine groups is 1. The van der Waals surface area contributed by atoms with Gasteiger partial charge in [-0.05, 0) is 88.3 Å². The Kier molecular flexibility index (Phi) is 6.91. The van der Waals surface area contributed by atoms with Gasteiger partial charge in [-0.2, -0.15) is 0 Å². The summed E-state index contributed by atoms with van der Waals surface area (Å²) in [4.78, 5) is 30.3. The summed E-state index contributed by atoms with van der Waals surface area (Å²) in [6.07, 6.45) is 10.4. The summed E-state index contributed by atoms with van der Waals surface area (Å²) in [5.41, 5.74) is 8.89. The van der Waals surface area contributed by atoms with E-state index in [0.29, 0.717) is 5.76 Å². The number of likely N-dealkylation sites (tertiary alicyclic amines) is 1. The van der Waals surface area contributed by atoms with Gasteiger partial charge in [0.25, 0.3) is 5.91 Å². The molecule has 0 radical (unpaired) electrons. The molecule has 3 aliphatic rings. The van der Waals surface area contributed by atoms with Crippen molar-refractivity contribution in [2.24, 2.45) is 0 Å². The van der Waals surface area contributed by atoms with Crippen LogP contribution in [0.2, 0.25) is 0 Å². The van der Waals surface area contributed by atoms with Crippen LogP contribution in [-0.4, -0.2) is 43.0 Å². The van der Waals surface area contributed by atoms with Gasteiger partial charge in [0.15, 0.2) is 5.76 Å². The van der Waals surface area contributed by atoms with Crippen molar-refractivity contribution in [2.45, 2.75) is 57.9 Å². The molecule has 1 aromatic carbocycles. The average Bonchev–Trinajstić information content (AvgIpc) is 3.57. The van der Waals surface area contributed by atoms with Crippen LogP contribution >= 0.6 is 0 Å². The number of carbonyl (C=O) groups is 2. The molecule has 9 nitrogen and oxygen atoms in total. The number of aryl methyl sites for hydroxylation is 1. The lowest BCUT2D eigenvalue weighted by atomic mass is 10.0. The maximum atomic E-state index is 13.2. The lowest BCUT2D eigenvalue weighted by Crippen LogP contribution is -2.39. The minimum Gasteiger partial charge on any atom is -0.454 e. The van der Waals surface area contributed by atoms with Gasteiger partial charge in [-0.25, -0.2) is 10.2 Å². The van der Waals surface area contributed by atoms with Gasteiger partial charge in [-0.15, -0.1) is 0 Å². The maximum Gasteiger partial charge on any atom is 0.321 e. The molecule has 1 aromatic heterocycles. The first kappa shape index (κ1) is 24.2. The SMILES string of the molecule is Cc1cc(NC(=O)c2ccc(C3(C)C=CNN3)o2)c(N2CCCCC2)cc1NC(=O)N1CCCCC1. The normalized spacial score (nSPS) is 21.8. The number of carbonyl (C=O) groups excluding carboxylic acids is 2. The Labute approximate surface area is 212 Å². The van der Waals surface area contributed by atoms with E-state index >= 15 is 0 Å². The van der Waals surface area contributed by atoms with Crippen molar-refractivity contribution < 1.29 is 14.0 Å². The molecule has 4 N–H and O–H groups in total. The van der Waals surface area contributed by atoms with Crippen LogP contribution in [0.1, 0.15) is 67.3 Å². The van der Waals surface area contributed by atoms with Crippen LogP contribution in [0.4, 0.5) is 21.9 Å². The Hall–Kier alpha value is -3.46. The molecule has 36 heavy (non-hydrogen) atoms. The predicted molar refractivity (Wildman–Crippen MR) is 141 cm³/mol. The molecule has 192 valence electrons. The largest absolute Gasteiger partial charge is 0.454 e. The highest BCUT2D eigenvalue weighted by Gasteiger charge is 2.31. The van der Waals surface area contributed by atoms with Gasteiger partial charge in [0, 0.05) is 38.1 Å². The summed E-state index contributed by atoms with van der Waals surface area (Å²) in [5, 5.41) is 6.19. The summed E-state index contributed by atoms with van der Waals surface area (Å²) >= 11 is 0. The predicted octanol–water partition coefficient (Wildman–Crippen LogP) is 4.69. The molecule has 4 heterocycles. The Bertz CT molecular complexity index is 1150. The third-order valence-electron chi connectivity index (χ3n) is 7.35. The topological polar surface area (TPSA) is 102 Å². The van der Waals surface area contributed by atoms with Crippen LogP contribution in [0.5, 0.6) is 0 Å². The smallest absolute Gasteiger partial charge is 0.321 e. The van der Waals surface area contributed by atoms with Crippen molar-refractivity contribution in [1.29, 1.82) is 0 Å². The highest BCUT2D eigenvalue weighted by Crippen LogP contribution is 2.35. The third kappa shape index (κ3) is 5.06. The van der Waals surface area contributed by atoms with Crippen molar-refractivity contribution in [1.82, 2.24) is 15.8 Å². The molecule has 2 aromatic rings. The fraction of sp³-hybridized carbons (Fsp3) is 0.481. The number of amides is 3. The first-order chi connectivity index (χ1) is 17.4. The van der Waals surface area contributed by atoms with Gasteiger partial charge in [-0.1, -0.05) is 0 Å². The number of rotatable bonds is 5. The molecule has 0 bridgehead atoms. The molecule has 0 aliphatic carbocycles. The van der Waals surface area contributed by atoms with Crippen LogP contribution in [0, 0.1) is 6.92 Å². The zero-order chi connectivity index (χ0) is 25.1. The van der Waals surface area contributed by atoms with Gasteiger partial charge in [0.05, 0.1) is 11.4 Å². The quantitative estimate of drug-likeness (QED) is 0.483. The molecule has 0 spiro atoms. The zero-order valence-corrected chi connectivity index (χ0v) is 21.2. The second-order valence-corrected chi connectivity index (χ2v) is 10.1. The fourth-order valence-electron chi connectivity index (χ4n) is 5.13. The first-order valence-electron chi connectivity index (χ1n) is 13.0. The first-order valence-corrected chi connectivity index (χ1v) is 13.0. The number of hydrogen-bond donors (Lipinski definition) is 4.